The van der Waals surface area contributed by atoms with E-state index in [9.17, 15) is 0 Å². The lowest BCUT2D eigenvalue weighted by atomic mass is 9.84. The Morgan fingerprint density at radius 1 is 0.292 bits per heavy atom. The Hall–Kier alpha value is -6.38. The molecule has 0 spiro atoms. The van der Waals surface area contributed by atoms with Gasteiger partial charge in [-0.15, -0.1) is 0 Å². The second-order valence-corrected chi connectivity index (χ2v) is 12.4. The van der Waals surface area contributed by atoms with Crippen molar-refractivity contribution in [1.29, 1.82) is 0 Å². The molecule has 0 fully saturated rings. The van der Waals surface area contributed by atoms with Gasteiger partial charge in [0.2, 0.25) is 0 Å². The van der Waals surface area contributed by atoms with Crippen LogP contribution < -0.4 is 0 Å². The number of rotatable bonds is 4. The van der Waals surface area contributed by atoms with Gasteiger partial charge in [0.05, 0.1) is 0 Å². The molecule has 48 heavy (non-hydrogen) atoms. The van der Waals surface area contributed by atoms with Crippen molar-refractivity contribution in [3.63, 3.8) is 0 Å². The van der Waals surface area contributed by atoms with Crippen LogP contribution in [0.3, 0.4) is 0 Å². The van der Waals surface area contributed by atoms with Gasteiger partial charge < -0.3 is 8.83 Å². The summed E-state index contributed by atoms with van der Waals surface area (Å²) in [5.74, 6) is 0.860. The van der Waals surface area contributed by atoms with Crippen molar-refractivity contribution < 1.29 is 8.83 Å². The van der Waals surface area contributed by atoms with Crippen LogP contribution in [-0.2, 0) is 0 Å². The van der Waals surface area contributed by atoms with E-state index in [-0.39, 0.29) is 0 Å². The van der Waals surface area contributed by atoms with Crippen LogP contribution in [0.2, 0.25) is 0 Å². The second-order valence-electron chi connectivity index (χ2n) is 12.4. The van der Waals surface area contributed by atoms with E-state index in [2.05, 4.69) is 152 Å². The Balaban J connectivity index is 1.18. The minimum Gasteiger partial charge on any atom is -0.456 e. The Labute approximate surface area is 277 Å². The molecule has 2 heteroatoms. The van der Waals surface area contributed by atoms with E-state index in [0.717, 1.165) is 49.8 Å². The van der Waals surface area contributed by atoms with E-state index in [1.807, 2.05) is 18.2 Å². The summed E-state index contributed by atoms with van der Waals surface area (Å²) in [5.41, 5.74) is 10.9. The second kappa shape index (κ2) is 10.6. The summed E-state index contributed by atoms with van der Waals surface area (Å²) in [6, 6.07) is 60.3. The molecule has 0 amide bonds. The van der Waals surface area contributed by atoms with Crippen molar-refractivity contribution >= 4 is 54.5 Å². The molecule has 224 valence electrons. The molecule has 0 saturated carbocycles. The largest absolute Gasteiger partial charge is 0.456 e. The highest BCUT2D eigenvalue weighted by Crippen LogP contribution is 2.47. The molecular formula is C46H28O2. The van der Waals surface area contributed by atoms with Crippen LogP contribution in [-0.4, -0.2) is 0 Å². The quantitative estimate of drug-likeness (QED) is 0.185. The molecular weight excluding hydrogens is 585 g/mol. The molecule has 2 aromatic heterocycles. The molecule has 10 aromatic rings. The fraction of sp³-hybridized carbons (Fsp3) is 0. The van der Waals surface area contributed by atoms with Gasteiger partial charge in [-0.1, -0.05) is 140 Å². The maximum atomic E-state index is 6.58. The van der Waals surface area contributed by atoms with Crippen molar-refractivity contribution in [3.8, 4) is 44.7 Å². The predicted molar refractivity (Wildman–Crippen MR) is 200 cm³/mol. The fourth-order valence-corrected chi connectivity index (χ4v) is 7.51. The Morgan fingerprint density at radius 2 is 0.854 bits per heavy atom. The van der Waals surface area contributed by atoms with Crippen LogP contribution in [0, 0.1) is 0 Å². The van der Waals surface area contributed by atoms with E-state index < -0.39 is 0 Å². The summed E-state index contributed by atoms with van der Waals surface area (Å²) in [7, 11) is 0. The maximum absolute atomic E-state index is 6.58. The Bertz CT molecular complexity index is 2760. The predicted octanol–water partition coefficient (Wildman–Crippen LogP) is 13.3. The number of furan rings is 2. The van der Waals surface area contributed by atoms with Crippen LogP contribution in [0.1, 0.15) is 0 Å². The molecule has 0 saturated heterocycles. The molecule has 2 nitrogen and oxygen atoms in total. The Kier molecular flexibility index (Phi) is 5.91. The minimum absolute atomic E-state index is 0.858. The molecule has 0 aliphatic heterocycles. The van der Waals surface area contributed by atoms with E-state index in [0.29, 0.717) is 0 Å². The van der Waals surface area contributed by atoms with E-state index in [1.54, 1.807) is 0 Å². The third kappa shape index (κ3) is 4.13. The molecule has 0 radical (unpaired) electrons. The SMILES string of the molecule is c1ccc(-c2cc3cc4oc5cc(-c6c7ccccc7c(-c7ccccc7-c7ccccc7)c7ccccc67)ccc5c4cc3o2)cc1. The number of fused-ring (bicyclic) bond motifs is 6. The lowest BCUT2D eigenvalue weighted by Gasteiger charge is -2.19. The lowest BCUT2D eigenvalue weighted by Crippen LogP contribution is -1.92. The van der Waals surface area contributed by atoms with Crippen molar-refractivity contribution in [1.82, 2.24) is 0 Å². The zero-order valence-corrected chi connectivity index (χ0v) is 26.0. The minimum atomic E-state index is 0.858. The maximum Gasteiger partial charge on any atom is 0.136 e. The summed E-state index contributed by atoms with van der Waals surface area (Å²) in [6.45, 7) is 0. The van der Waals surface area contributed by atoms with E-state index in [4.69, 9.17) is 8.83 Å². The third-order valence-corrected chi connectivity index (χ3v) is 9.67. The van der Waals surface area contributed by atoms with Crippen molar-refractivity contribution in [3.05, 3.63) is 170 Å². The molecule has 0 atom stereocenters. The van der Waals surface area contributed by atoms with Crippen LogP contribution in [0.5, 0.6) is 0 Å². The van der Waals surface area contributed by atoms with Gasteiger partial charge in [0, 0.05) is 21.7 Å². The molecule has 10 rings (SSSR count). The molecule has 0 bridgehead atoms. The van der Waals surface area contributed by atoms with Gasteiger partial charge in [-0.3, -0.25) is 0 Å². The molecule has 8 aromatic carbocycles. The highest BCUT2D eigenvalue weighted by Gasteiger charge is 2.20. The molecule has 0 unspecified atom stereocenters. The van der Waals surface area contributed by atoms with Crippen molar-refractivity contribution in [2.24, 2.45) is 0 Å². The smallest absolute Gasteiger partial charge is 0.136 e. The average molecular weight is 613 g/mol. The van der Waals surface area contributed by atoms with Gasteiger partial charge in [-0.05, 0) is 85.3 Å². The molecule has 2 heterocycles. The number of benzene rings is 8. The van der Waals surface area contributed by atoms with Crippen LogP contribution in [0.25, 0.3) is 99.2 Å². The molecule has 0 aliphatic rings. The zero-order chi connectivity index (χ0) is 31.6. The summed E-state index contributed by atoms with van der Waals surface area (Å²) in [6.07, 6.45) is 0. The third-order valence-electron chi connectivity index (χ3n) is 9.67. The Morgan fingerprint density at radius 3 is 1.54 bits per heavy atom. The number of hydrogen-bond acceptors (Lipinski definition) is 2. The number of hydrogen-bond donors (Lipinski definition) is 0. The fourth-order valence-electron chi connectivity index (χ4n) is 7.51. The summed E-state index contributed by atoms with van der Waals surface area (Å²) < 4.78 is 12.9. The summed E-state index contributed by atoms with van der Waals surface area (Å²) >= 11 is 0. The van der Waals surface area contributed by atoms with Crippen LogP contribution >= 0.6 is 0 Å². The van der Waals surface area contributed by atoms with Gasteiger partial charge in [0.1, 0.15) is 22.5 Å². The van der Waals surface area contributed by atoms with Crippen molar-refractivity contribution in [2.45, 2.75) is 0 Å². The first kappa shape index (κ1) is 26.8. The van der Waals surface area contributed by atoms with Crippen LogP contribution in [0.15, 0.2) is 179 Å². The first-order valence-electron chi connectivity index (χ1n) is 16.3. The average Bonchev–Trinajstić information content (AvgIpc) is 3.73. The van der Waals surface area contributed by atoms with Gasteiger partial charge in [-0.25, -0.2) is 0 Å². The molecule has 0 aliphatic carbocycles. The standard InChI is InChI=1S/C46H28O2/c1-3-13-29(14-4-1)33-17-7-8-18-35(33)46-38-21-11-9-19-36(38)45(37-20-10-12-22-39(37)46)31-23-24-34-40-28-42-32(27-44(40)48-43(34)25-31)26-41(47-42)30-15-5-2-6-16-30/h1-28H. The van der Waals surface area contributed by atoms with Crippen LogP contribution in [0.4, 0.5) is 0 Å². The summed E-state index contributed by atoms with van der Waals surface area (Å²) in [4.78, 5) is 0. The molecule has 0 N–H and O–H groups in total. The zero-order valence-electron chi connectivity index (χ0n) is 26.0. The highest BCUT2D eigenvalue weighted by molar-refractivity contribution is 6.23. The van der Waals surface area contributed by atoms with Gasteiger partial charge in [0.25, 0.3) is 0 Å². The van der Waals surface area contributed by atoms with E-state index in [1.165, 1.54) is 49.4 Å². The van der Waals surface area contributed by atoms with Gasteiger partial charge in [-0.2, -0.15) is 0 Å². The monoisotopic (exact) mass is 612 g/mol. The highest BCUT2D eigenvalue weighted by atomic mass is 16.3. The first-order chi connectivity index (χ1) is 23.8. The van der Waals surface area contributed by atoms with Gasteiger partial charge in [0.15, 0.2) is 0 Å². The topological polar surface area (TPSA) is 26.3 Å². The summed E-state index contributed by atoms with van der Waals surface area (Å²) in [5, 5.41) is 8.06. The first-order valence-corrected chi connectivity index (χ1v) is 16.3. The van der Waals surface area contributed by atoms with Gasteiger partial charge >= 0.3 is 0 Å². The van der Waals surface area contributed by atoms with E-state index >= 15 is 0 Å². The van der Waals surface area contributed by atoms with Crippen molar-refractivity contribution in [2.75, 3.05) is 0 Å². The normalized spacial score (nSPS) is 11.8. The lowest BCUT2D eigenvalue weighted by molar-refractivity contribution is 0.631.